The second kappa shape index (κ2) is 5.77. The number of fused-ring (bicyclic) bond motifs is 1. The summed E-state index contributed by atoms with van der Waals surface area (Å²) in [6, 6.07) is 11.0. The molecule has 0 spiro atoms. The van der Waals surface area contributed by atoms with Gasteiger partial charge < -0.3 is 0 Å². The molecule has 0 saturated carbocycles. The third-order valence-corrected chi connectivity index (χ3v) is 4.79. The zero-order valence-electron chi connectivity index (χ0n) is 14.9. The van der Waals surface area contributed by atoms with Crippen LogP contribution in [-0.4, -0.2) is 4.98 Å². The maximum Gasteiger partial charge on any atom is 0.231 e. The van der Waals surface area contributed by atoms with Gasteiger partial charge >= 0.3 is 0 Å². The van der Waals surface area contributed by atoms with Gasteiger partial charge in [-0.25, -0.2) is 4.98 Å². The molecule has 118 valence electrons. The number of benzene rings is 2. The number of aromatic nitrogens is 2. The number of rotatable bonds is 2. The van der Waals surface area contributed by atoms with E-state index in [1.807, 2.05) is 6.20 Å². The number of aryl methyl sites for hydroxylation is 3. The minimum atomic E-state index is 0.472. The van der Waals surface area contributed by atoms with Crippen LogP contribution in [0.4, 0.5) is 0 Å². The van der Waals surface area contributed by atoms with Gasteiger partial charge in [0, 0.05) is 6.07 Å². The van der Waals surface area contributed by atoms with Crippen LogP contribution < -0.4 is 4.57 Å². The molecule has 2 nitrogen and oxygen atoms in total. The van der Waals surface area contributed by atoms with E-state index < -0.39 is 0 Å². The van der Waals surface area contributed by atoms with Gasteiger partial charge in [0.05, 0.1) is 5.56 Å². The van der Waals surface area contributed by atoms with E-state index in [1.165, 1.54) is 39.0 Å². The highest BCUT2D eigenvalue weighted by Gasteiger charge is 2.20. The number of nitrogens with zero attached hydrogens (tertiary/aromatic N) is 2. The Morgan fingerprint density at radius 2 is 1.78 bits per heavy atom. The number of hydrogen-bond donors (Lipinski definition) is 0. The summed E-state index contributed by atoms with van der Waals surface area (Å²) in [5.41, 5.74) is 9.99. The standard InChI is InChI=1S/C21H25N2/c1-13(2)17-8-7-9-19-21(17)22-12-20(23(19)6)18-11-14(3)10-15(4)16(18)5/h7-13H,1-6H3/q+1. The molecule has 0 unspecified atom stereocenters. The summed E-state index contributed by atoms with van der Waals surface area (Å²) >= 11 is 0. The van der Waals surface area contributed by atoms with Crippen LogP contribution >= 0.6 is 0 Å². The van der Waals surface area contributed by atoms with Gasteiger partial charge in [0.15, 0.2) is 0 Å². The van der Waals surface area contributed by atoms with Crippen molar-refractivity contribution in [1.29, 1.82) is 0 Å². The quantitative estimate of drug-likeness (QED) is 0.623. The molecule has 1 heterocycles. The lowest BCUT2D eigenvalue weighted by atomic mass is 9.97. The third-order valence-electron chi connectivity index (χ3n) is 4.79. The fourth-order valence-electron chi connectivity index (χ4n) is 3.32. The third kappa shape index (κ3) is 2.63. The molecule has 2 aromatic carbocycles. The lowest BCUT2D eigenvalue weighted by molar-refractivity contribution is -0.634. The SMILES string of the molecule is Cc1cc(C)c(C)c(-c2cnc3c(C(C)C)cccc3[n+]2C)c1. The Labute approximate surface area is 138 Å². The highest BCUT2D eigenvalue weighted by Crippen LogP contribution is 2.27. The van der Waals surface area contributed by atoms with Crippen molar-refractivity contribution >= 4 is 11.0 Å². The van der Waals surface area contributed by atoms with Crippen molar-refractivity contribution in [3.05, 3.63) is 58.8 Å². The Hall–Kier alpha value is -2.22. The van der Waals surface area contributed by atoms with Gasteiger partial charge in [0.25, 0.3) is 0 Å². The topological polar surface area (TPSA) is 16.8 Å². The summed E-state index contributed by atoms with van der Waals surface area (Å²) in [5, 5.41) is 0. The van der Waals surface area contributed by atoms with Crippen LogP contribution in [0.25, 0.3) is 22.3 Å². The molecule has 3 aromatic rings. The van der Waals surface area contributed by atoms with Crippen LogP contribution in [0.3, 0.4) is 0 Å². The number of para-hydroxylation sites is 1. The summed E-state index contributed by atoms with van der Waals surface area (Å²) in [6.45, 7) is 11.0. The maximum atomic E-state index is 4.82. The van der Waals surface area contributed by atoms with Crippen LogP contribution in [0.1, 0.15) is 42.0 Å². The van der Waals surface area contributed by atoms with Crippen molar-refractivity contribution < 1.29 is 4.57 Å². The summed E-state index contributed by atoms with van der Waals surface area (Å²) < 4.78 is 2.27. The normalized spacial score (nSPS) is 11.4. The maximum absolute atomic E-state index is 4.82. The van der Waals surface area contributed by atoms with E-state index in [-0.39, 0.29) is 0 Å². The van der Waals surface area contributed by atoms with Crippen LogP contribution in [0.5, 0.6) is 0 Å². The molecule has 0 radical (unpaired) electrons. The molecule has 3 rings (SSSR count). The molecule has 0 fully saturated rings. The Bertz CT molecular complexity index is 892. The van der Waals surface area contributed by atoms with Crippen LogP contribution in [0, 0.1) is 20.8 Å². The van der Waals surface area contributed by atoms with Crippen LogP contribution in [-0.2, 0) is 7.05 Å². The monoisotopic (exact) mass is 305 g/mol. The van der Waals surface area contributed by atoms with Gasteiger partial charge in [-0.05, 0) is 49.4 Å². The van der Waals surface area contributed by atoms with Gasteiger partial charge in [-0.3, -0.25) is 0 Å². The molecule has 0 atom stereocenters. The molecule has 1 aromatic heterocycles. The van der Waals surface area contributed by atoms with Crippen molar-refractivity contribution in [3.63, 3.8) is 0 Å². The highest BCUT2D eigenvalue weighted by molar-refractivity contribution is 5.77. The molecule has 0 aliphatic rings. The lowest BCUT2D eigenvalue weighted by Crippen LogP contribution is -2.33. The minimum absolute atomic E-state index is 0.472. The summed E-state index contributed by atoms with van der Waals surface area (Å²) in [5.74, 6) is 0.472. The average molecular weight is 305 g/mol. The predicted octanol–water partition coefficient (Wildman–Crippen LogP) is 4.77. The van der Waals surface area contributed by atoms with E-state index in [0.717, 1.165) is 5.52 Å². The van der Waals surface area contributed by atoms with Crippen molar-refractivity contribution in [3.8, 4) is 11.3 Å². The molecule has 0 amide bonds. The largest absolute Gasteiger partial charge is 0.243 e. The van der Waals surface area contributed by atoms with E-state index in [1.54, 1.807) is 0 Å². The molecule has 0 bridgehead atoms. The molecule has 23 heavy (non-hydrogen) atoms. The molecule has 0 N–H and O–H groups in total. The van der Waals surface area contributed by atoms with Crippen LogP contribution in [0.2, 0.25) is 0 Å². The smallest absolute Gasteiger partial charge is 0.231 e. The second-order valence-electron chi connectivity index (χ2n) is 6.83. The van der Waals surface area contributed by atoms with Gasteiger partial charge in [0.2, 0.25) is 11.2 Å². The molecule has 0 saturated heterocycles. The molecular formula is C21H25N2+. The molecule has 2 heteroatoms. The second-order valence-corrected chi connectivity index (χ2v) is 6.83. The number of hydrogen-bond acceptors (Lipinski definition) is 1. The fraction of sp³-hybridized carbons (Fsp3) is 0.333. The lowest BCUT2D eigenvalue weighted by Gasteiger charge is -2.12. The van der Waals surface area contributed by atoms with Crippen molar-refractivity contribution in [1.82, 2.24) is 4.98 Å². The molecule has 0 aliphatic heterocycles. The summed E-state index contributed by atoms with van der Waals surface area (Å²) in [6.07, 6.45) is 2.02. The van der Waals surface area contributed by atoms with Gasteiger partial charge in [0.1, 0.15) is 18.8 Å². The van der Waals surface area contributed by atoms with Gasteiger partial charge in [-0.15, -0.1) is 0 Å². The van der Waals surface area contributed by atoms with Gasteiger partial charge in [-0.2, -0.15) is 4.57 Å². The average Bonchev–Trinajstić information content (AvgIpc) is 2.51. The Morgan fingerprint density at radius 1 is 1.04 bits per heavy atom. The van der Waals surface area contributed by atoms with Crippen molar-refractivity contribution in [2.45, 2.75) is 40.5 Å². The molecular weight excluding hydrogens is 280 g/mol. The van der Waals surface area contributed by atoms with E-state index >= 15 is 0 Å². The summed E-state index contributed by atoms with van der Waals surface area (Å²) in [7, 11) is 2.14. The predicted molar refractivity (Wildman–Crippen MR) is 96.7 cm³/mol. The van der Waals surface area contributed by atoms with E-state index in [0.29, 0.717) is 5.92 Å². The Balaban J connectivity index is 2.31. The zero-order chi connectivity index (χ0) is 16.7. The first kappa shape index (κ1) is 15.7. The van der Waals surface area contributed by atoms with Crippen LogP contribution in [0.15, 0.2) is 36.5 Å². The van der Waals surface area contributed by atoms with Crippen molar-refractivity contribution in [2.24, 2.45) is 7.05 Å². The Kier molecular flexibility index (Phi) is 3.93. The first-order chi connectivity index (χ1) is 10.9. The first-order valence-electron chi connectivity index (χ1n) is 8.26. The molecule has 0 aliphatic carbocycles. The van der Waals surface area contributed by atoms with Gasteiger partial charge in [-0.1, -0.05) is 37.6 Å². The van der Waals surface area contributed by atoms with E-state index in [4.69, 9.17) is 4.98 Å². The van der Waals surface area contributed by atoms with E-state index in [2.05, 4.69) is 76.6 Å². The van der Waals surface area contributed by atoms with E-state index in [9.17, 15) is 0 Å². The Morgan fingerprint density at radius 3 is 2.48 bits per heavy atom. The zero-order valence-corrected chi connectivity index (χ0v) is 14.9. The van der Waals surface area contributed by atoms with Crippen molar-refractivity contribution in [2.75, 3.05) is 0 Å². The summed E-state index contributed by atoms with van der Waals surface area (Å²) in [4.78, 5) is 4.82. The fourth-order valence-corrected chi connectivity index (χ4v) is 3.32. The minimum Gasteiger partial charge on any atom is -0.243 e. The highest BCUT2D eigenvalue weighted by atomic mass is 15.0. The first-order valence-corrected chi connectivity index (χ1v) is 8.26.